The van der Waals surface area contributed by atoms with E-state index in [1.54, 1.807) is 17.0 Å². The van der Waals surface area contributed by atoms with Crippen LogP contribution in [0.2, 0.25) is 0 Å². The number of anilines is 2. The predicted molar refractivity (Wildman–Crippen MR) is 107 cm³/mol. The maximum absolute atomic E-state index is 14.1. The highest BCUT2D eigenvalue weighted by Gasteiger charge is 2.42. The summed E-state index contributed by atoms with van der Waals surface area (Å²) >= 11 is 0. The molecule has 2 aliphatic rings. The molecule has 0 bridgehead atoms. The van der Waals surface area contributed by atoms with Gasteiger partial charge in [-0.1, -0.05) is 38.1 Å². The van der Waals surface area contributed by atoms with Gasteiger partial charge in [0.1, 0.15) is 5.82 Å². The zero-order valence-corrected chi connectivity index (χ0v) is 16.3. The molecule has 4 rings (SSSR count). The Morgan fingerprint density at radius 2 is 1.89 bits per heavy atom. The average molecular weight is 378 g/mol. The van der Waals surface area contributed by atoms with Gasteiger partial charge in [0.25, 0.3) is 0 Å². The van der Waals surface area contributed by atoms with Crippen molar-refractivity contribution in [1.29, 1.82) is 0 Å². The van der Waals surface area contributed by atoms with Gasteiger partial charge in [0, 0.05) is 24.6 Å². The minimum atomic E-state index is -0.664. The molecule has 2 aromatic rings. The van der Waals surface area contributed by atoms with E-state index in [1.165, 1.54) is 19.1 Å². The van der Waals surface area contributed by atoms with Crippen LogP contribution in [0, 0.1) is 11.2 Å². The summed E-state index contributed by atoms with van der Waals surface area (Å²) in [5.74, 6) is -0.598. The summed E-state index contributed by atoms with van der Waals surface area (Å²) in [5.41, 5.74) is 3.23. The Balaban J connectivity index is 2.02. The minimum Gasteiger partial charge on any atom is -0.357 e. The first-order chi connectivity index (χ1) is 13.3. The maximum atomic E-state index is 14.1. The van der Waals surface area contributed by atoms with Crippen LogP contribution in [0.25, 0.3) is 0 Å². The van der Waals surface area contributed by atoms with E-state index < -0.39 is 11.9 Å². The maximum Gasteiger partial charge on any atom is 0.224 e. The molecule has 0 fully saturated rings. The number of benzene rings is 2. The van der Waals surface area contributed by atoms with Gasteiger partial charge in [-0.15, -0.1) is 0 Å². The first-order valence-corrected chi connectivity index (χ1v) is 9.44. The summed E-state index contributed by atoms with van der Waals surface area (Å²) in [4.78, 5) is 27.6. The molecule has 1 aliphatic heterocycles. The highest BCUT2D eigenvalue weighted by atomic mass is 19.1. The number of nitrogens with one attached hydrogen (secondary N) is 1. The SMILES string of the molecule is CC(=O)N1c2ccccc2NC2=C(C(=O)CC(C)(C)C2)C1c1cccc(F)c1. The molecule has 1 heterocycles. The van der Waals surface area contributed by atoms with E-state index in [4.69, 9.17) is 0 Å². The van der Waals surface area contributed by atoms with Crippen molar-refractivity contribution in [2.24, 2.45) is 5.41 Å². The molecule has 0 aromatic heterocycles. The molecule has 1 unspecified atom stereocenters. The first-order valence-electron chi connectivity index (χ1n) is 9.44. The van der Waals surface area contributed by atoms with Gasteiger partial charge in [0.05, 0.1) is 17.4 Å². The second kappa shape index (κ2) is 6.59. The van der Waals surface area contributed by atoms with Gasteiger partial charge in [-0.2, -0.15) is 0 Å². The van der Waals surface area contributed by atoms with Crippen molar-refractivity contribution in [3.05, 3.63) is 71.2 Å². The van der Waals surface area contributed by atoms with Gasteiger partial charge in [-0.05, 0) is 41.7 Å². The van der Waals surface area contributed by atoms with Gasteiger partial charge in [-0.3, -0.25) is 14.5 Å². The zero-order chi connectivity index (χ0) is 20.1. The second-order valence-electron chi connectivity index (χ2n) is 8.32. The number of ketones is 1. The van der Waals surface area contributed by atoms with Gasteiger partial charge < -0.3 is 5.32 Å². The fourth-order valence-corrected chi connectivity index (χ4v) is 4.33. The molecular weight excluding hydrogens is 355 g/mol. The molecule has 28 heavy (non-hydrogen) atoms. The van der Waals surface area contributed by atoms with E-state index in [0.717, 1.165) is 11.4 Å². The predicted octanol–water partition coefficient (Wildman–Crippen LogP) is 4.99. The smallest absolute Gasteiger partial charge is 0.224 e. The third kappa shape index (κ3) is 3.11. The summed E-state index contributed by atoms with van der Waals surface area (Å²) in [7, 11) is 0. The van der Waals surface area contributed by atoms with Crippen LogP contribution in [0.1, 0.15) is 45.2 Å². The Bertz CT molecular complexity index is 1010. The molecule has 1 aliphatic carbocycles. The van der Waals surface area contributed by atoms with Crippen LogP contribution in [-0.2, 0) is 9.59 Å². The Labute approximate surface area is 164 Å². The summed E-state index contributed by atoms with van der Waals surface area (Å²) < 4.78 is 14.1. The Hall–Kier alpha value is -2.95. The summed E-state index contributed by atoms with van der Waals surface area (Å²) in [6, 6.07) is 13.0. The number of rotatable bonds is 1. The van der Waals surface area contributed by atoms with E-state index >= 15 is 0 Å². The fourth-order valence-electron chi connectivity index (χ4n) is 4.33. The lowest BCUT2D eigenvalue weighted by Crippen LogP contribution is -2.38. The van der Waals surface area contributed by atoms with Crippen LogP contribution in [-0.4, -0.2) is 11.7 Å². The molecule has 1 atom stereocenters. The third-order valence-electron chi connectivity index (χ3n) is 5.40. The molecule has 4 nitrogen and oxygen atoms in total. The number of carbonyl (C=O) groups excluding carboxylic acids is 2. The van der Waals surface area contributed by atoms with Crippen LogP contribution in [0.5, 0.6) is 0 Å². The quantitative estimate of drug-likeness (QED) is 0.761. The molecule has 0 saturated heterocycles. The lowest BCUT2D eigenvalue weighted by molar-refractivity contribution is -0.118. The van der Waals surface area contributed by atoms with Crippen LogP contribution in [0.4, 0.5) is 15.8 Å². The monoisotopic (exact) mass is 378 g/mol. The Morgan fingerprint density at radius 1 is 1.14 bits per heavy atom. The van der Waals surface area contributed by atoms with Gasteiger partial charge in [-0.25, -0.2) is 4.39 Å². The van der Waals surface area contributed by atoms with Crippen LogP contribution in [0.3, 0.4) is 0 Å². The first kappa shape index (κ1) is 18.4. The van der Waals surface area contributed by atoms with Gasteiger partial charge in [0.2, 0.25) is 5.91 Å². The zero-order valence-electron chi connectivity index (χ0n) is 16.3. The number of Topliss-reactive ketones (excluding diaryl/α,β-unsaturated/α-hetero) is 1. The largest absolute Gasteiger partial charge is 0.357 e. The highest BCUT2D eigenvalue weighted by molar-refractivity contribution is 6.05. The van der Waals surface area contributed by atoms with Crippen molar-refractivity contribution >= 4 is 23.1 Å². The average Bonchev–Trinajstić information content (AvgIpc) is 2.74. The second-order valence-corrected chi connectivity index (χ2v) is 8.32. The molecule has 0 saturated carbocycles. The van der Waals surface area contributed by atoms with Crippen LogP contribution < -0.4 is 10.2 Å². The number of para-hydroxylation sites is 2. The van der Waals surface area contributed by atoms with Gasteiger partial charge >= 0.3 is 0 Å². The topological polar surface area (TPSA) is 49.4 Å². The van der Waals surface area contributed by atoms with E-state index in [1.807, 2.05) is 24.3 Å². The summed E-state index contributed by atoms with van der Waals surface area (Å²) in [6.07, 6.45) is 1.07. The number of amides is 1. The van der Waals surface area contributed by atoms with E-state index in [9.17, 15) is 14.0 Å². The number of hydrogen-bond donors (Lipinski definition) is 1. The number of fused-ring (bicyclic) bond motifs is 1. The van der Waals surface area contributed by atoms with Gasteiger partial charge in [0.15, 0.2) is 5.78 Å². The van der Waals surface area contributed by atoms with E-state index in [0.29, 0.717) is 29.7 Å². The molecule has 1 N–H and O–H groups in total. The van der Waals surface area contributed by atoms with E-state index in [-0.39, 0.29) is 17.1 Å². The molecule has 0 spiro atoms. The summed E-state index contributed by atoms with van der Waals surface area (Å²) in [6.45, 7) is 5.60. The van der Waals surface area contributed by atoms with Crippen molar-refractivity contribution in [3.8, 4) is 0 Å². The molecule has 2 aromatic carbocycles. The van der Waals surface area contributed by atoms with E-state index in [2.05, 4.69) is 19.2 Å². The number of nitrogens with zero attached hydrogens (tertiary/aromatic N) is 1. The fraction of sp³-hybridized carbons (Fsp3) is 0.304. The molecular formula is C23H23FN2O2. The molecule has 1 amide bonds. The molecule has 5 heteroatoms. The minimum absolute atomic E-state index is 0.00735. The molecule has 0 radical (unpaired) electrons. The van der Waals surface area contributed by atoms with Crippen molar-refractivity contribution in [3.63, 3.8) is 0 Å². The lowest BCUT2D eigenvalue weighted by Gasteiger charge is -2.36. The van der Waals surface area contributed by atoms with Crippen molar-refractivity contribution in [1.82, 2.24) is 0 Å². The van der Waals surface area contributed by atoms with Crippen molar-refractivity contribution in [2.45, 2.75) is 39.7 Å². The summed E-state index contributed by atoms with van der Waals surface area (Å²) in [5, 5.41) is 3.42. The standard InChI is InChI=1S/C23H23FN2O2/c1-14(27)26-19-10-5-4-9-17(19)25-18-12-23(2,3)13-20(28)21(18)22(26)15-7-6-8-16(24)11-15/h4-11,22,25H,12-13H2,1-3H3. The normalized spacial score (nSPS) is 20.8. The number of carbonyl (C=O) groups is 2. The van der Waals surface area contributed by atoms with Crippen LogP contribution in [0.15, 0.2) is 59.8 Å². The highest BCUT2D eigenvalue weighted by Crippen LogP contribution is 2.48. The van der Waals surface area contributed by atoms with Crippen molar-refractivity contribution < 1.29 is 14.0 Å². The number of hydrogen-bond acceptors (Lipinski definition) is 3. The Morgan fingerprint density at radius 3 is 2.61 bits per heavy atom. The number of halogens is 1. The third-order valence-corrected chi connectivity index (χ3v) is 5.40. The lowest BCUT2D eigenvalue weighted by atomic mass is 9.73. The molecule has 144 valence electrons. The Kier molecular flexibility index (Phi) is 4.33. The number of allylic oxidation sites excluding steroid dienone is 1. The van der Waals surface area contributed by atoms with Crippen LogP contribution >= 0.6 is 0 Å². The van der Waals surface area contributed by atoms with Crippen molar-refractivity contribution in [2.75, 3.05) is 10.2 Å².